The first-order chi connectivity index (χ1) is 11.1. The number of likely N-dealkylation sites (tertiary alicyclic amines) is 1. The highest BCUT2D eigenvalue weighted by molar-refractivity contribution is 5.78. The Bertz CT molecular complexity index is 510. The van der Waals surface area contributed by atoms with Gasteiger partial charge in [-0.15, -0.1) is 0 Å². The number of carbonyl (C=O) groups excluding carboxylic acids is 2. The van der Waals surface area contributed by atoms with Crippen molar-refractivity contribution in [1.82, 2.24) is 10.2 Å². The van der Waals surface area contributed by atoms with Gasteiger partial charge in [-0.1, -0.05) is 30.3 Å². The number of hydrogen-bond acceptors (Lipinski definition) is 4. The van der Waals surface area contributed by atoms with Gasteiger partial charge in [0, 0.05) is 0 Å². The molecule has 1 saturated heterocycles. The van der Waals surface area contributed by atoms with Crippen LogP contribution in [0, 0.1) is 5.92 Å². The maximum Gasteiger partial charge on any atom is 0.309 e. The van der Waals surface area contributed by atoms with E-state index >= 15 is 0 Å². The van der Waals surface area contributed by atoms with Crippen LogP contribution in [-0.2, 0) is 14.3 Å². The highest BCUT2D eigenvalue weighted by atomic mass is 16.5. The number of piperidine rings is 1. The zero-order valence-electron chi connectivity index (χ0n) is 14.0. The monoisotopic (exact) mass is 318 g/mol. The molecule has 23 heavy (non-hydrogen) atoms. The topological polar surface area (TPSA) is 58.6 Å². The Balaban J connectivity index is 1.73. The van der Waals surface area contributed by atoms with E-state index in [-0.39, 0.29) is 23.8 Å². The molecule has 2 rings (SSSR count). The molecule has 1 aromatic carbocycles. The van der Waals surface area contributed by atoms with Gasteiger partial charge in [0.05, 0.1) is 25.1 Å². The van der Waals surface area contributed by atoms with Crippen LogP contribution in [0.4, 0.5) is 0 Å². The molecular weight excluding hydrogens is 292 g/mol. The fourth-order valence-corrected chi connectivity index (χ4v) is 2.90. The molecule has 0 unspecified atom stereocenters. The number of amides is 1. The molecule has 5 heteroatoms. The van der Waals surface area contributed by atoms with Gasteiger partial charge in [-0.05, 0) is 45.3 Å². The van der Waals surface area contributed by atoms with Crippen molar-refractivity contribution in [2.45, 2.75) is 32.7 Å². The first-order valence-electron chi connectivity index (χ1n) is 8.33. The lowest BCUT2D eigenvalue weighted by Gasteiger charge is -2.30. The van der Waals surface area contributed by atoms with E-state index in [1.807, 2.05) is 44.2 Å². The van der Waals surface area contributed by atoms with E-state index in [0.29, 0.717) is 13.2 Å². The quantitative estimate of drug-likeness (QED) is 0.817. The number of nitrogens with one attached hydrogen (secondary N) is 1. The Morgan fingerprint density at radius 3 is 2.52 bits per heavy atom. The molecule has 1 fully saturated rings. The highest BCUT2D eigenvalue weighted by Gasteiger charge is 2.26. The maximum atomic E-state index is 12.2. The minimum Gasteiger partial charge on any atom is -0.466 e. The smallest absolute Gasteiger partial charge is 0.309 e. The van der Waals surface area contributed by atoms with Crippen molar-refractivity contribution in [3.05, 3.63) is 35.9 Å². The van der Waals surface area contributed by atoms with Crippen LogP contribution in [0.5, 0.6) is 0 Å². The Hall–Kier alpha value is -1.88. The standard InChI is InChI=1S/C18H26N2O3/c1-3-23-18(22)16-9-11-20(12-10-16)13-17(21)19-14(2)15-7-5-4-6-8-15/h4-8,14,16H,3,9-13H2,1-2H3,(H,19,21)/t14-/m0/s1. The molecule has 1 aliphatic heterocycles. The van der Waals surface area contributed by atoms with E-state index in [9.17, 15) is 9.59 Å². The largest absolute Gasteiger partial charge is 0.466 e. The van der Waals surface area contributed by atoms with E-state index in [1.54, 1.807) is 0 Å². The van der Waals surface area contributed by atoms with Gasteiger partial charge in [-0.3, -0.25) is 14.5 Å². The van der Waals surface area contributed by atoms with Crippen LogP contribution in [0.3, 0.4) is 0 Å². The Morgan fingerprint density at radius 1 is 1.26 bits per heavy atom. The first kappa shape index (κ1) is 17.5. The van der Waals surface area contributed by atoms with Crippen LogP contribution in [0.2, 0.25) is 0 Å². The number of ether oxygens (including phenoxy) is 1. The van der Waals surface area contributed by atoms with Gasteiger partial charge in [-0.25, -0.2) is 0 Å². The molecule has 1 heterocycles. The third-order valence-electron chi connectivity index (χ3n) is 4.25. The molecule has 0 saturated carbocycles. The Labute approximate surface area is 138 Å². The van der Waals surface area contributed by atoms with Crippen molar-refractivity contribution in [2.24, 2.45) is 5.92 Å². The lowest BCUT2D eigenvalue weighted by atomic mass is 9.97. The second-order valence-corrected chi connectivity index (χ2v) is 6.00. The summed E-state index contributed by atoms with van der Waals surface area (Å²) in [4.78, 5) is 26.0. The minimum absolute atomic E-state index is 0.000714. The van der Waals surface area contributed by atoms with Gasteiger partial charge in [0.2, 0.25) is 5.91 Å². The normalized spacial score (nSPS) is 17.5. The van der Waals surface area contributed by atoms with Gasteiger partial charge in [0.25, 0.3) is 0 Å². The molecule has 0 spiro atoms. The summed E-state index contributed by atoms with van der Waals surface area (Å²) >= 11 is 0. The number of carbonyl (C=O) groups is 2. The fourth-order valence-electron chi connectivity index (χ4n) is 2.90. The van der Waals surface area contributed by atoms with Gasteiger partial charge in [0.15, 0.2) is 0 Å². The van der Waals surface area contributed by atoms with Gasteiger partial charge >= 0.3 is 5.97 Å². The predicted octanol–water partition coefficient (Wildman–Crippen LogP) is 2.14. The van der Waals surface area contributed by atoms with Crippen LogP contribution in [0.25, 0.3) is 0 Å². The molecule has 1 N–H and O–H groups in total. The average molecular weight is 318 g/mol. The van der Waals surface area contributed by atoms with Crippen molar-refractivity contribution in [3.8, 4) is 0 Å². The molecular formula is C18H26N2O3. The van der Waals surface area contributed by atoms with E-state index in [2.05, 4.69) is 10.2 Å². The number of nitrogens with zero attached hydrogens (tertiary/aromatic N) is 1. The number of esters is 1. The second kappa shape index (κ2) is 8.67. The predicted molar refractivity (Wildman–Crippen MR) is 88.8 cm³/mol. The third kappa shape index (κ3) is 5.36. The Morgan fingerprint density at radius 2 is 1.91 bits per heavy atom. The number of hydrogen-bond donors (Lipinski definition) is 1. The van der Waals surface area contributed by atoms with E-state index in [1.165, 1.54) is 0 Å². The van der Waals surface area contributed by atoms with Gasteiger partial charge in [0.1, 0.15) is 0 Å². The zero-order valence-corrected chi connectivity index (χ0v) is 14.0. The SMILES string of the molecule is CCOC(=O)C1CCN(CC(=O)N[C@@H](C)c2ccccc2)CC1. The fraction of sp³-hybridized carbons (Fsp3) is 0.556. The summed E-state index contributed by atoms with van der Waals surface area (Å²) in [6.45, 7) is 6.14. The lowest BCUT2D eigenvalue weighted by molar-refractivity contribution is -0.149. The van der Waals surface area contributed by atoms with Crippen LogP contribution < -0.4 is 5.32 Å². The molecule has 0 aliphatic carbocycles. The van der Waals surface area contributed by atoms with E-state index < -0.39 is 0 Å². The molecule has 1 aliphatic rings. The first-order valence-corrected chi connectivity index (χ1v) is 8.33. The van der Waals surface area contributed by atoms with Crippen molar-refractivity contribution in [1.29, 1.82) is 0 Å². The Kier molecular flexibility index (Phi) is 6.59. The van der Waals surface area contributed by atoms with Crippen molar-refractivity contribution >= 4 is 11.9 Å². The van der Waals surface area contributed by atoms with Crippen molar-refractivity contribution in [3.63, 3.8) is 0 Å². The molecule has 1 amide bonds. The summed E-state index contributed by atoms with van der Waals surface area (Å²) in [6, 6.07) is 9.92. The molecule has 0 radical (unpaired) electrons. The van der Waals surface area contributed by atoms with Crippen LogP contribution in [0.1, 0.15) is 38.3 Å². The second-order valence-electron chi connectivity index (χ2n) is 6.00. The summed E-state index contributed by atoms with van der Waals surface area (Å²) in [5, 5.41) is 3.03. The van der Waals surface area contributed by atoms with Crippen molar-refractivity contribution in [2.75, 3.05) is 26.2 Å². The van der Waals surface area contributed by atoms with Crippen LogP contribution >= 0.6 is 0 Å². The van der Waals surface area contributed by atoms with Crippen LogP contribution in [0.15, 0.2) is 30.3 Å². The molecule has 5 nitrogen and oxygen atoms in total. The highest BCUT2D eigenvalue weighted by Crippen LogP contribution is 2.18. The summed E-state index contributed by atoms with van der Waals surface area (Å²) in [5.41, 5.74) is 1.10. The summed E-state index contributed by atoms with van der Waals surface area (Å²) in [5.74, 6) is -0.0947. The number of benzene rings is 1. The van der Waals surface area contributed by atoms with Gasteiger partial charge in [-0.2, -0.15) is 0 Å². The lowest BCUT2D eigenvalue weighted by Crippen LogP contribution is -2.43. The molecule has 0 bridgehead atoms. The van der Waals surface area contributed by atoms with E-state index in [0.717, 1.165) is 31.5 Å². The third-order valence-corrected chi connectivity index (χ3v) is 4.25. The summed E-state index contributed by atoms with van der Waals surface area (Å²) in [7, 11) is 0. The molecule has 0 aromatic heterocycles. The minimum atomic E-state index is -0.102. The van der Waals surface area contributed by atoms with Gasteiger partial charge < -0.3 is 10.1 Å². The zero-order chi connectivity index (χ0) is 16.7. The van der Waals surface area contributed by atoms with Crippen molar-refractivity contribution < 1.29 is 14.3 Å². The maximum absolute atomic E-state index is 12.2. The summed E-state index contributed by atoms with van der Waals surface area (Å²) in [6.07, 6.45) is 1.53. The molecule has 1 aromatic rings. The van der Waals surface area contributed by atoms with Crippen LogP contribution in [-0.4, -0.2) is 43.0 Å². The number of rotatable bonds is 6. The molecule has 1 atom stereocenters. The van der Waals surface area contributed by atoms with E-state index in [4.69, 9.17) is 4.74 Å². The molecule has 126 valence electrons. The average Bonchev–Trinajstić information content (AvgIpc) is 2.56. The summed E-state index contributed by atoms with van der Waals surface area (Å²) < 4.78 is 5.06.